The minimum Gasteiger partial charge on any atom is -0.495 e. The maximum absolute atomic E-state index is 5.40. The van der Waals surface area contributed by atoms with Crippen molar-refractivity contribution in [2.75, 3.05) is 7.11 Å². The topological polar surface area (TPSA) is 25.0 Å². The molecule has 0 amide bonds. The van der Waals surface area contributed by atoms with E-state index in [0.29, 0.717) is 5.92 Å². The molecular formula is C16H17NO. The number of aromatic nitrogens is 1. The monoisotopic (exact) mass is 239 g/mol. The largest absolute Gasteiger partial charge is 0.495 e. The van der Waals surface area contributed by atoms with Crippen LogP contribution >= 0.6 is 0 Å². The van der Waals surface area contributed by atoms with E-state index < -0.39 is 0 Å². The summed E-state index contributed by atoms with van der Waals surface area (Å²) in [5.41, 5.74) is 3.61. The highest BCUT2D eigenvalue weighted by atomic mass is 16.5. The van der Waals surface area contributed by atoms with Crippen molar-refractivity contribution < 1.29 is 4.74 Å². The fourth-order valence-corrected chi connectivity index (χ4v) is 2.44. The molecule has 0 saturated carbocycles. The lowest BCUT2D eigenvalue weighted by molar-refractivity contribution is 0.419. The molecule has 0 aliphatic rings. The number of hydrogen-bond donors (Lipinski definition) is 1. The van der Waals surface area contributed by atoms with E-state index in [1.165, 1.54) is 21.9 Å². The van der Waals surface area contributed by atoms with Gasteiger partial charge in [0, 0.05) is 16.3 Å². The van der Waals surface area contributed by atoms with Gasteiger partial charge in [-0.25, -0.2) is 0 Å². The van der Waals surface area contributed by atoms with Crippen LogP contribution in [0.1, 0.15) is 25.3 Å². The fourth-order valence-electron chi connectivity index (χ4n) is 2.44. The molecule has 18 heavy (non-hydrogen) atoms. The summed E-state index contributed by atoms with van der Waals surface area (Å²) >= 11 is 0. The summed E-state index contributed by atoms with van der Waals surface area (Å²) in [5.74, 6) is 1.44. The van der Waals surface area contributed by atoms with Crippen LogP contribution in [0.3, 0.4) is 0 Å². The minimum absolute atomic E-state index is 0.546. The van der Waals surface area contributed by atoms with E-state index in [-0.39, 0.29) is 0 Å². The smallest absolute Gasteiger partial charge is 0.142 e. The Morgan fingerprint density at radius 1 is 1.06 bits per heavy atom. The van der Waals surface area contributed by atoms with E-state index in [2.05, 4.69) is 43.1 Å². The molecule has 0 bridgehead atoms. The Bertz CT molecular complexity index is 710. The first-order valence-electron chi connectivity index (χ1n) is 6.29. The van der Waals surface area contributed by atoms with E-state index in [1.54, 1.807) is 7.11 Å². The highest BCUT2D eigenvalue weighted by molar-refractivity contribution is 6.09. The summed E-state index contributed by atoms with van der Waals surface area (Å²) in [6.45, 7) is 4.44. The summed E-state index contributed by atoms with van der Waals surface area (Å²) in [7, 11) is 1.71. The Kier molecular flexibility index (Phi) is 2.51. The highest BCUT2D eigenvalue weighted by Crippen LogP contribution is 2.32. The van der Waals surface area contributed by atoms with Crippen molar-refractivity contribution in [1.29, 1.82) is 0 Å². The molecule has 0 unspecified atom stereocenters. The van der Waals surface area contributed by atoms with Gasteiger partial charge in [0.1, 0.15) is 5.75 Å². The van der Waals surface area contributed by atoms with Crippen LogP contribution in [-0.4, -0.2) is 12.1 Å². The zero-order valence-corrected chi connectivity index (χ0v) is 10.9. The van der Waals surface area contributed by atoms with Crippen LogP contribution < -0.4 is 4.74 Å². The first-order valence-corrected chi connectivity index (χ1v) is 6.29. The van der Waals surface area contributed by atoms with E-state index in [9.17, 15) is 0 Å². The van der Waals surface area contributed by atoms with Gasteiger partial charge in [0.15, 0.2) is 0 Å². The Labute approximate surface area is 107 Å². The second-order valence-corrected chi connectivity index (χ2v) is 4.97. The summed E-state index contributed by atoms with van der Waals surface area (Å²) in [4.78, 5) is 3.44. The average molecular weight is 239 g/mol. The number of H-pyrrole nitrogens is 1. The molecule has 0 saturated heterocycles. The maximum atomic E-state index is 5.40. The molecule has 0 fully saturated rings. The number of nitrogens with one attached hydrogen (secondary N) is 1. The van der Waals surface area contributed by atoms with Crippen LogP contribution in [0.5, 0.6) is 5.75 Å². The van der Waals surface area contributed by atoms with Crippen molar-refractivity contribution in [3.8, 4) is 5.75 Å². The number of benzene rings is 2. The summed E-state index contributed by atoms with van der Waals surface area (Å²) in [5, 5.41) is 2.50. The van der Waals surface area contributed by atoms with Gasteiger partial charge in [-0.3, -0.25) is 0 Å². The Morgan fingerprint density at radius 2 is 1.89 bits per heavy atom. The number of rotatable bonds is 2. The van der Waals surface area contributed by atoms with Gasteiger partial charge in [-0.1, -0.05) is 32.0 Å². The molecule has 0 atom stereocenters. The number of ether oxygens (including phenoxy) is 1. The van der Waals surface area contributed by atoms with Crippen LogP contribution in [0.15, 0.2) is 36.4 Å². The number of fused-ring (bicyclic) bond motifs is 3. The molecule has 3 aromatic rings. The molecule has 1 N–H and O–H groups in total. The highest BCUT2D eigenvalue weighted by Gasteiger charge is 2.09. The second kappa shape index (κ2) is 4.05. The third kappa shape index (κ3) is 1.57. The average Bonchev–Trinajstić information content (AvgIpc) is 2.76. The first-order chi connectivity index (χ1) is 8.70. The van der Waals surface area contributed by atoms with Crippen molar-refractivity contribution in [3.05, 3.63) is 42.0 Å². The SMILES string of the molecule is COc1cccc2c1[nH]c1ccc(C(C)C)cc12. The summed E-state index contributed by atoms with van der Waals surface area (Å²) < 4.78 is 5.40. The molecule has 0 radical (unpaired) electrons. The molecule has 2 heteroatoms. The van der Waals surface area contributed by atoms with E-state index in [0.717, 1.165) is 11.3 Å². The van der Waals surface area contributed by atoms with Gasteiger partial charge in [-0.2, -0.15) is 0 Å². The molecule has 0 spiro atoms. The van der Waals surface area contributed by atoms with Gasteiger partial charge in [-0.15, -0.1) is 0 Å². The number of methoxy groups -OCH3 is 1. The standard InChI is InChI=1S/C16H17NO/c1-10(2)11-7-8-14-13(9-11)12-5-4-6-15(18-3)16(12)17-14/h4-10,17H,1-3H3. The van der Waals surface area contributed by atoms with Crippen molar-refractivity contribution in [2.45, 2.75) is 19.8 Å². The van der Waals surface area contributed by atoms with Crippen LogP contribution in [0, 0.1) is 0 Å². The van der Waals surface area contributed by atoms with E-state index in [4.69, 9.17) is 4.74 Å². The molecule has 0 aliphatic carbocycles. The van der Waals surface area contributed by atoms with Gasteiger partial charge < -0.3 is 9.72 Å². The van der Waals surface area contributed by atoms with Gasteiger partial charge in [-0.05, 0) is 29.7 Å². The maximum Gasteiger partial charge on any atom is 0.142 e. The van der Waals surface area contributed by atoms with E-state index in [1.807, 2.05) is 12.1 Å². The Hall–Kier alpha value is -1.96. The lowest BCUT2D eigenvalue weighted by Crippen LogP contribution is -1.85. The molecule has 1 aromatic heterocycles. The molecular weight excluding hydrogens is 222 g/mol. The van der Waals surface area contributed by atoms with Crippen LogP contribution in [-0.2, 0) is 0 Å². The number of hydrogen-bond acceptors (Lipinski definition) is 1. The molecule has 0 aliphatic heterocycles. The molecule has 2 nitrogen and oxygen atoms in total. The van der Waals surface area contributed by atoms with Gasteiger partial charge in [0.25, 0.3) is 0 Å². The van der Waals surface area contributed by atoms with Gasteiger partial charge in [0.05, 0.1) is 12.6 Å². The fraction of sp³-hybridized carbons (Fsp3) is 0.250. The second-order valence-electron chi connectivity index (χ2n) is 4.97. The Morgan fingerprint density at radius 3 is 2.61 bits per heavy atom. The predicted octanol–water partition coefficient (Wildman–Crippen LogP) is 4.45. The lowest BCUT2D eigenvalue weighted by atomic mass is 10.0. The number of aromatic amines is 1. The van der Waals surface area contributed by atoms with Crippen molar-refractivity contribution in [1.82, 2.24) is 4.98 Å². The third-order valence-electron chi connectivity index (χ3n) is 3.51. The van der Waals surface area contributed by atoms with Crippen molar-refractivity contribution in [2.24, 2.45) is 0 Å². The zero-order chi connectivity index (χ0) is 12.7. The normalized spacial score (nSPS) is 11.6. The summed E-state index contributed by atoms with van der Waals surface area (Å²) in [6, 6.07) is 12.8. The third-order valence-corrected chi connectivity index (χ3v) is 3.51. The van der Waals surface area contributed by atoms with Crippen molar-refractivity contribution in [3.63, 3.8) is 0 Å². The van der Waals surface area contributed by atoms with Crippen LogP contribution in [0.25, 0.3) is 21.8 Å². The number of para-hydroxylation sites is 1. The Balaban J connectivity index is 2.38. The van der Waals surface area contributed by atoms with E-state index >= 15 is 0 Å². The zero-order valence-electron chi connectivity index (χ0n) is 10.9. The molecule has 3 rings (SSSR count). The minimum atomic E-state index is 0.546. The molecule has 92 valence electrons. The van der Waals surface area contributed by atoms with Crippen LogP contribution in [0.2, 0.25) is 0 Å². The molecule has 2 aromatic carbocycles. The van der Waals surface area contributed by atoms with Gasteiger partial charge >= 0.3 is 0 Å². The lowest BCUT2D eigenvalue weighted by Gasteiger charge is -2.04. The van der Waals surface area contributed by atoms with Crippen LogP contribution in [0.4, 0.5) is 0 Å². The first kappa shape index (κ1) is 11.1. The van der Waals surface area contributed by atoms with Crippen molar-refractivity contribution >= 4 is 21.8 Å². The summed E-state index contributed by atoms with van der Waals surface area (Å²) in [6.07, 6.45) is 0. The quantitative estimate of drug-likeness (QED) is 0.702. The van der Waals surface area contributed by atoms with Gasteiger partial charge in [0.2, 0.25) is 0 Å². The predicted molar refractivity (Wildman–Crippen MR) is 76.4 cm³/mol. The molecule has 1 heterocycles.